The van der Waals surface area contributed by atoms with Crippen LogP contribution in [0.5, 0.6) is 0 Å². The SMILES string of the molecule is CC1C2C=CC(CC(N)=O)=CC12. The molecule has 1 fully saturated rings. The fraction of sp³-hybridized carbons (Fsp3) is 0.500. The first-order chi connectivity index (χ1) is 5.68. The van der Waals surface area contributed by atoms with Gasteiger partial charge in [0.25, 0.3) is 0 Å². The van der Waals surface area contributed by atoms with Gasteiger partial charge < -0.3 is 5.73 Å². The quantitative estimate of drug-likeness (QED) is 0.654. The number of primary amides is 1. The summed E-state index contributed by atoms with van der Waals surface area (Å²) in [5.41, 5.74) is 6.19. The van der Waals surface area contributed by atoms with E-state index in [1.54, 1.807) is 0 Å². The molecule has 12 heavy (non-hydrogen) atoms. The smallest absolute Gasteiger partial charge is 0.221 e. The number of allylic oxidation sites excluding steroid dienone is 3. The lowest BCUT2D eigenvalue weighted by molar-refractivity contribution is -0.117. The van der Waals surface area contributed by atoms with E-state index in [2.05, 4.69) is 19.1 Å². The van der Waals surface area contributed by atoms with Gasteiger partial charge in [-0.3, -0.25) is 4.79 Å². The van der Waals surface area contributed by atoms with Gasteiger partial charge in [-0.25, -0.2) is 0 Å². The average molecular weight is 163 g/mol. The van der Waals surface area contributed by atoms with Gasteiger partial charge in [0.1, 0.15) is 0 Å². The minimum Gasteiger partial charge on any atom is -0.369 e. The van der Waals surface area contributed by atoms with E-state index < -0.39 is 0 Å². The average Bonchev–Trinajstić information content (AvgIpc) is 2.61. The van der Waals surface area contributed by atoms with Gasteiger partial charge in [0.15, 0.2) is 0 Å². The van der Waals surface area contributed by atoms with Crippen LogP contribution in [0.3, 0.4) is 0 Å². The van der Waals surface area contributed by atoms with Gasteiger partial charge in [-0.1, -0.05) is 25.2 Å². The Morgan fingerprint density at radius 2 is 2.33 bits per heavy atom. The van der Waals surface area contributed by atoms with E-state index in [1.165, 1.54) is 0 Å². The first-order valence-electron chi connectivity index (χ1n) is 4.35. The minimum atomic E-state index is -0.238. The van der Waals surface area contributed by atoms with Crippen LogP contribution < -0.4 is 5.73 Å². The molecule has 0 radical (unpaired) electrons. The normalized spacial score (nSPS) is 37.1. The molecule has 2 N–H and O–H groups in total. The molecule has 0 aromatic carbocycles. The summed E-state index contributed by atoms with van der Waals surface area (Å²) in [6.07, 6.45) is 6.83. The van der Waals surface area contributed by atoms with Crippen molar-refractivity contribution < 1.29 is 4.79 Å². The molecular weight excluding hydrogens is 150 g/mol. The topological polar surface area (TPSA) is 43.1 Å². The minimum absolute atomic E-state index is 0.238. The van der Waals surface area contributed by atoms with Crippen molar-refractivity contribution in [1.29, 1.82) is 0 Å². The third kappa shape index (κ3) is 1.17. The Kier molecular flexibility index (Phi) is 1.56. The van der Waals surface area contributed by atoms with Crippen LogP contribution in [-0.2, 0) is 4.79 Å². The molecule has 0 saturated heterocycles. The molecule has 0 aromatic heterocycles. The fourth-order valence-corrected chi connectivity index (χ4v) is 1.95. The van der Waals surface area contributed by atoms with Crippen LogP contribution in [0.1, 0.15) is 13.3 Å². The number of carbonyl (C=O) groups excluding carboxylic acids is 1. The maximum Gasteiger partial charge on any atom is 0.221 e. The third-order valence-corrected chi connectivity index (χ3v) is 2.84. The van der Waals surface area contributed by atoms with Crippen LogP contribution in [0, 0.1) is 17.8 Å². The first-order valence-corrected chi connectivity index (χ1v) is 4.35. The molecule has 0 aromatic rings. The number of fused-ring (bicyclic) bond motifs is 1. The first kappa shape index (κ1) is 7.59. The van der Waals surface area contributed by atoms with Crippen molar-refractivity contribution in [2.24, 2.45) is 23.5 Å². The molecule has 0 heterocycles. The zero-order valence-corrected chi connectivity index (χ0v) is 7.16. The summed E-state index contributed by atoms with van der Waals surface area (Å²) in [7, 11) is 0. The zero-order valence-electron chi connectivity index (χ0n) is 7.16. The van der Waals surface area contributed by atoms with Crippen LogP contribution >= 0.6 is 0 Å². The van der Waals surface area contributed by atoms with E-state index in [0.29, 0.717) is 12.3 Å². The number of hydrogen-bond acceptors (Lipinski definition) is 1. The monoisotopic (exact) mass is 163 g/mol. The van der Waals surface area contributed by atoms with E-state index in [-0.39, 0.29) is 5.91 Å². The van der Waals surface area contributed by atoms with Crippen molar-refractivity contribution in [1.82, 2.24) is 0 Å². The van der Waals surface area contributed by atoms with E-state index in [4.69, 9.17) is 5.73 Å². The molecule has 3 atom stereocenters. The van der Waals surface area contributed by atoms with Crippen LogP contribution in [0.4, 0.5) is 0 Å². The summed E-state index contributed by atoms with van der Waals surface area (Å²) in [5, 5.41) is 0. The van der Waals surface area contributed by atoms with Crippen LogP contribution in [0.15, 0.2) is 23.8 Å². The lowest BCUT2D eigenvalue weighted by Crippen LogP contribution is -2.11. The summed E-state index contributed by atoms with van der Waals surface area (Å²) in [6.45, 7) is 2.24. The Morgan fingerprint density at radius 1 is 1.58 bits per heavy atom. The second-order valence-electron chi connectivity index (χ2n) is 3.76. The Hall–Kier alpha value is -1.05. The molecule has 1 amide bonds. The Labute approximate surface area is 72.1 Å². The Balaban J connectivity index is 2.05. The van der Waals surface area contributed by atoms with Crippen molar-refractivity contribution >= 4 is 5.91 Å². The number of nitrogens with two attached hydrogens (primary N) is 1. The lowest BCUT2D eigenvalue weighted by atomic mass is 10.0. The van der Waals surface area contributed by atoms with Gasteiger partial charge in [0.2, 0.25) is 5.91 Å². The van der Waals surface area contributed by atoms with E-state index in [1.807, 2.05) is 6.08 Å². The molecule has 2 aliphatic rings. The van der Waals surface area contributed by atoms with Gasteiger partial charge in [0.05, 0.1) is 6.42 Å². The van der Waals surface area contributed by atoms with Crippen molar-refractivity contribution in [2.75, 3.05) is 0 Å². The summed E-state index contributed by atoms with van der Waals surface area (Å²) in [5.74, 6) is 1.95. The third-order valence-electron chi connectivity index (χ3n) is 2.84. The predicted molar refractivity (Wildman–Crippen MR) is 47.2 cm³/mol. The molecule has 0 spiro atoms. The van der Waals surface area contributed by atoms with Crippen LogP contribution in [-0.4, -0.2) is 5.91 Å². The van der Waals surface area contributed by atoms with E-state index in [9.17, 15) is 4.79 Å². The highest BCUT2D eigenvalue weighted by Crippen LogP contribution is 2.50. The summed E-state index contributed by atoms with van der Waals surface area (Å²) in [4.78, 5) is 10.6. The van der Waals surface area contributed by atoms with Crippen molar-refractivity contribution in [3.8, 4) is 0 Å². The maximum absolute atomic E-state index is 10.6. The second kappa shape index (κ2) is 2.47. The highest BCUT2D eigenvalue weighted by atomic mass is 16.1. The van der Waals surface area contributed by atoms with Crippen molar-refractivity contribution in [3.63, 3.8) is 0 Å². The number of carbonyl (C=O) groups is 1. The molecule has 3 unspecified atom stereocenters. The molecular formula is C10H13NO. The highest BCUT2D eigenvalue weighted by Gasteiger charge is 2.44. The van der Waals surface area contributed by atoms with Crippen LogP contribution in [0.25, 0.3) is 0 Å². The maximum atomic E-state index is 10.6. The van der Waals surface area contributed by atoms with Gasteiger partial charge >= 0.3 is 0 Å². The van der Waals surface area contributed by atoms with Crippen LogP contribution in [0.2, 0.25) is 0 Å². The van der Waals surface area contributed by atoms with Gasteiger partial charge in [-0.15, -0.1) is 0 Å². The lowest BCUT2D eigenvalue weighted by Gasteiger charge is -2.02. The highest BCUT2D eigenvalue weighted by molar-refractivity contribution is 5.77. The second-order valence-corrected chi connectivity index (χ2v) is 3.76. The van der Waals surface area contributed by atoms with Gasteiger partial charge in [0, 0.05) is 0 Å². The molecule has 1 saturated carbocycles. The molecule has 2 heteroatoms. The van der Waals surface area contributed by atoms with Crippen molar-refractivity contribution in [3.05, 3.63) is 23.8 Å². The Bertz CT molecular complexity index is 278. The van der Waals surface area contributed by atoms with Crippen molar-refractivity contribution in [2.45, 2.75) is 13.3 Å². The number of rotatable bonds is 2. The predicted octanol–water partition coefficient (Wildman–Crippen LogP) is 1.24. The molecule has 2 rings (SSSR count). The fourth-order valence-electron chi connectivity index (χ4n) is 1.95. The van der Waals surface area contributed by atoms with Gasteiger partial charge in [-0.05, 0) is 23.3 Å². The summed E-state index contributed by atoms with van der Waals surface area (Å²) >= 11 is 0. The molecule has 2 aliphatic carbocycles. The summed E-state index contributed by atoms with van der Waals surface area (Å²) < 4.78 is 0. The molecule has 0 bridgehead atoms. The summed E-state index contributed by atoms with van der Waals surface area (Å²) in [6, 6.07) is 0. The van der Waals surface area contributed by atoms with E-state index >= 15 is 0 Å². The standard InChI is InChI=1S/C10H13NO/c1-6-8-3-2-7(4-9(6)8)5-10(11)12/h2-4,6,8-9H,5H2,1H3,(H2,11,12). The number of amides is 1. The zero-order chi connectivity index (χ0) is 8.72. The molecule has 0 aliphatic heterocycles. The van der Waals surface area contributed by atoms with Gasteiger partial charge in [-0.2, -0.15) is 0 Å². The van der Waals surface area contributed by atoms with E-state index in [0.717, 1.165) is 17.4 Å². The molecule has 2 nitrogen and oxygen atoms in total. The largest absolute Gasteiger partial charge is 0.369 e. The number of hydrogen-bond donors (Lipinski definition) is 1. The molecule has 64 valence electrons. The Morgan fingerprint density at radius 3 is 2.92 bits per heavy atom.